The van der Waals surface area contributed by atoms with Gasteiger partial charge in [0.05, 0.1) is 10.2 Å². The topological polar surface area (TPSA) is 90.0 Å². The van der Waals surface area contributed by atoms with Gasteiger partial charge in [0.15, 0.2) is 10.2 Å². The summed E-state index contributed by atoms with van der Waals surface area (Å²) < 4.78 is 41.8. The summed E-state index contributed by atoms with van der Waals surface area (Å²) in [6.45, 7) is -0.390. The fourth-order valence-electron chi connectivity index (χ4n) is 2.19. The molecular formula is C14H11F3N4O3S2. The van der Waals surface area contributed by atoms with E-state index in [2.05, 4.69) is 10.1 Å². The Morgan fingerprint density at radius 1 is 1.38 bits per heavy atom. The third-order valence-corrected chi connectivity index (χ3v) is 5.67. The number of aromatic nitrogens is 4. The smallest absolute Gasteiger partial charge is 0.355 e. The van der Waals surface area contributed by atoms with Crippen molar-refractivity contribution in [3.63, 3.8) is 0 Å². The van der Waals surface area contributed by atoms with E-state index in [0.717, 1.165) is 29.2 Å². The Morgan fingerprint density at radius 2 is 2.08 bits per heavy atom. The molecule has 0 radical (unpaired) electrons. The van der Waals surface area contributed by atoms with Crippen LogP contribution in [0.4, 0.5) is 13.2 Å². The summed E-state index contributed by atoms with van der Waals surface area (Å²) in [6.07, 6.45) is 0. The SMILES string of the molecule is Cc1nn(-c2cc3nc(SC(C)C(=O)O)sc3cc2F)c(=O)n1C(F)F. The Labute approximate surface area is 152 Å². The van der Waals surface area contributed by atoms with E-state index in [9.17, 15) is 22.8 Å². The minimum absolute atomic E-state index is 0.153. The summed E-state index contributed by atoms with van der Waals surface area (Å²) in [7, 11) is 0. The van der Waals surface area contributed by atoms with E-state index >= 15 is 0 Å². The molecule has 0 aliphatic heterocycles. The summed E-state index contributed by atoms with van der Waals surface area (Å²) in [6, 6.07) is 2.33. The molecule has 2 aromatic heterocycles. The molecule has 0 aliphatic rings. The first kappa shape index (κ1) is 18.5. The molecule has 1 N–H and O–H groups in total. The molecule has 1 aromatic carbocycles. The Balaban J connectivity index is 2.08. The first-order chi connectivity index (χ1) is 12.2. The van der Waals surface area contributed by atoms with Crippen molar-refractivity contribution >= 4 is 39.3 Å². The van der Waals surface area contributed by atoms with Gasteiger partial charge in [-0.15, -0.1) is 16.4 Å². The van der Waals surface area contributed by atoms with E-state index in [-0.39, 0.29) is 16.1 Å². The number of hydrogen-bond donors (Lipinski definition) is 1. The highest BCUT2D eigenvalue weighted by molar-refractivity contribution is 8.02. The number of carboxylic acid groups (broad SMARTS) is 1. The molecule has 3 aromatic rings. The average molecular weight is 404 g/mol. The molecular weight excluding hydrogens is 393 g/mol. The second kappa shape index (κ2) is 6.76. The van der Waals surface area contributed by atoms with Gasteiger partial charge in [0.2, 0.25) is 0 Å². The lowest BCUT2D eigenvalue weighted by Gasteiger charge is -2.01. The van der Waals surface area contributed by atoms with Gasteiger partial charge < -0.3 is 5.11 Å². The summed E-state index contributed by atoms with van der Waals surface area (Å²) >= 11 is 2.09. The normalized spacial score (nSPS) is 12.8. The van der Waals surface area contributed by atoms with Crippen LogP contribution in [0.3, 0.4) is 0 Å². The van der Waals surface area contributed by atoms with Gasteiger partial charge in [0, 0.05) is 0 Å². The number of hydrogen-bond acceptors (Lipinski definition) is 6. The van der Waals surface area contributed by atoms with Crippen molar-refractivity contribution in [1.29, 1.82) is 0 Å². The lowest BCUT2D eigenvalue weighted by molar-refractivity contribution is -0.136. The fourth-order valence-corrected chi connectivity index (χ4v) is 4.34. The maximum absolute atomic E-state index is 14.4. The molecule has 0 bridgehead atoms. The highest BCUT2D eigenvalue weighted by atomic mass is 32.2. The monoisotopic (exact) mass is 404 g/mol. The average Bonchev–Trinajstić information content (AvgIpc) is 3.05. The van der Waals surface area contributed by atoms with Crippen LogP contribution in [0.5, 0.6) is 0 Å². The van der Waals surface area contributed by atoms with Crippen molar-refractivity contribution in [3.8, 4) is 5.69 Å². The molecule has 0 saturated heterocycles. The number of carboxylic acids is 1. The molecule has 0 amide bonds. The quantitative estimate of drug-likeness (QED) is 0.658. The molecule has 1 atom stereocenters. The van der Waals surface area contributed by atoms with Crippen LogP contribution in [0, 0.1) is 12.7 Å². The zero-order valence-electron chi connectivity index (χ0n) is 13.3. The molecule has 2 heterocycles. The lowest BCUT2D eigenvalue weighted by Crippen LogP contribution is -2.25. The van der Waals surface area contributed by atoms with E-state index < -0.39 is 29.3 Å². The van der Waals surface area contributed by atoms with Gasteiger partial charge in [-0.2, -0.15) is 13.5 Å². The van der Waals surface area contributed by atoms with Gasteiger partial charge >= 0.3 is 18.2 Å². The number of alkyl halides is 2. The van der Waals surface area contributed by atoms with Crippen molar-refractivity contribution in [2.45, 2.75) is 30.0 Å². The predicted octanol–water partition coefficient (Wildman–Crippen LogP) is 3.05. The number of rotatable bonds is 5. The van der Waals surface area contributed by atoms with Crippen molar-refractivity contribution in [1.82, 2.24) is 19.3 Å². The third-order valence-electron chi connectivity index (χ3n) is 3.47. The van der Waals surface area contributed by atoms with Crippen LogP contribution in [0.25, 0.3) is 15.9 Å². The molecule has 26 heavy (non-hydrogen) atoms. The number of halogens is 3. The Hall–Kier alpha value is -2.34. The van der Waals surface area contributed by atoms with Crippen LogP contribution in [0.15, 0.2) is 21.3 Å². The Kier molecular flexibility index (Phi) is 4.80. The number of thioether (sulfide) groups is 1. The van der Waals surface area contributed by atoms with E-state index in [0.29, 0.717) is 19.2 Å². The van der Waals surface area contributed by atoms with Gasteiger partial charge in [-0.05, 0) is 26.0 Å². The molecule has 0 spiro atoms. The largest absolute Gasteiger partial charge is 0.480 e. The fraction of sp³-hybridized carbons (Fsp3) is 0.286. The Bertz CT molecular complexity index is 1060. The van der Waals surface area contributed by atoms with E-state index in [1.54, 1.807) is 0 Å². The number of thiazole rings is 1. The first-order valence-electron chi connectivity index (χ1n) is 7.15. The van der Waals surface area contributed by atoms with E-state index in [1.807, 2.05) is 0 Å². The highest BCUT2D eigenvalue weighted by Crippen LogP contribution is 2.33. The van der Waals surface area contributed by atoms with Crippen LogP contribution in [-0.4, -0.2) is 35.7 Å². The number of benzene rings is 1. The van der Waals surface area contributed by atoms with E-state index in [1.165, 1.54) is 19.9 Å². The summed E-state index contributed by atoms with van der Waals surface area (Å²) in [4.78, 5) is 27.2. The van der Waals surface area contributed by atoms with Gasteiger partial charge in [-0.1, -0.05) is 11.8 Å². The number of aryl methyl sites for hydroxylation is 1. The maximum Gasteiger partial charge on any atom is 0.355 e. The molecule has 7 nitrogen and oxygen atoms in total. The molecule has 1 unspecified atom stereocenters. The van der Waals surface area contributed by atoms with Crippen LogP contribution < -0.4 is 5.69 Å². The second-order valence-electron chi connectivity index (χ2n) is 5.24. The van der Waals surface area contributed by atoms with Crippen LogP contribution >= 0.6 is 23.1 Å². The summed E-state index contributed by atoms with van der Waals surface area (Å²) in [5.41, 5.74) is -1.17. The van der Waals surface area contributed by atoms with Crippen molar-refractivity contribution in [3.05, 3.63) is 34.3 Å². The predicted molar refractivity (Wildman–Crippen MR) is 89.9 cm³/mol. The standard InChI is InChI=1S/C14H11F3N4O3S2/c1-5(11(22)23)25-13-18-8-4-9(7(15)3-10(8)26-13)21-14(24)20(12(16)17)6(2)19-21/h3-5,12H,1-2H3,(H,22,23). The molecule has 0 saturated carbocycles. The van der Waals surface area contributed by atoms with Crippen LogP contribution in [0.2, 0.25) is 0 Å². The number of nitrogens with zero attached hydrogens (tertiary/aromatic N) is 4. The minimum Gasteiger partial charge on any atom is -0.480 e. The minimum atomic E-state index is -3.09. The van der Waals surface area contributed by atoms with Crippen molar-refractivity contribution in [2.75, 3.05) is 0 Å². The second-order valence-corrected chi connectivity index (χ2v) is 7.86. The Morgan fingerprint density at radius 3 is 2.65 bits per heavy atom. The first-order valence-corrected chi connectivity index (χ1v) is 8.85. The third kappa shape index (κ3) is 3.21. The molecule has 138 valence electrons. The lowest BCUT2D eigenvalue weighted by atomic mass is 10.3. The van der Waals surface area contributed by atoms with Crippen molar-refractivity contribution in [2.24, 2.45) is 0 Å². The zero-order chi connectivity index (χ0) is 19.2. The molecule has 0 aliphatic carbocycles. The van der Waals surface area contributed by atoms with Gasteiger partial charge in [-0.25, -0.2) is 18.7 Å². The maximum atomic E-state index is 14.4. The van der Waals surface area contributed by atoms with Crippen LogP contribution in [0.1, 0.15) is 19.3 Å². The molecule has 3 rings (SSSR count). The van der Waals surface area contributed by atoms with E-state index in [4.69, 9.17) is 5.11 Å². The van der Waals surface area contributed by atoms with Crippen LogP contribution in [-0.2, 0) is 4.79 Å². The zero-order valence-corrected chi connectivity index (χ0v) is 14.9. The van der Waals surface area contributed by atoms with Gasteiger partial charge in [0.25, 0.3) is 0 Å². The highest BCUT2D eigenvalue weighted by Gasteiger charge is 2.22. The number of carbonyl (C=O) groups is 1. The summed E-state index contributed by atoms with van der Waals surface area (Å²) in [5.74, 6) is -2.10. The molecule has 0 fully saturated rings. The number of fused-ring (bicyclic) bond motifs is 1. The molecule has 12 heteroatoms. The van der Waals surface area contributed by atoms with Crippen molar-refractivity contribution < 1.29 is 23.1 Å². The van der Waals surface area contributed by atoms with Gasteiger partial charge in [-0.3, -0.25) is 4.79 Å². The summed E-state index contributed by atoms with van der Waals surface area (Å²) in [5, 5.41) is 11.9. The number of aliphatic carboxylic acids is 1. The van der Waals surface area contributed by atoms with Gasteiger partial charge in [0.1, 0.15) is 16.8 Å².